The van der Waals surface area contributed by atoms with Crippen molar-refractivity contribution in [3.8, 4) is 0 Å². The second-order valence-electron chi connectivity index (χ2n) is 5.26. The molecule has 112 valence electrons. The van der Waals surface area contributed by atoms with E-state index in [1.165, 1.54) is 23.0 Å². The van der Waals surface area contributed by atoms with Gasteiger partial charge in [0.25, 0.3) is 0 Å². The van der Waals surface area contributed by atoms with Crippen LogP contribution in [0.1, 0.15) is 25.1 Å². The minimum Gasteiger partial charge on any atom is -0.384 e. The molecule has 2 rings (SSSR count). The van der Waals surface area contributed by atoms with Crippen LogP contribution < -0.4 is 5.32 Å². The molecule has 0 spiro atoms. The summed E-state index contributed by atoms with van der Waals surface area (Å²) in [5.41, 5.74) is 0.109. The number of nitrogens with one attached hydrogen (secondary N) is 1. The van der Waals surface area contributed by atoms with Crippen molar-refractivity contribution in [1.82, 2.24) is 20.3 Å². The van der Waals surface area contributed by atoms with E-state index in [4.69, 9.17) is 0 Å². The van der Waals surface area contributed by atoms with Crippen LogP contribution in [0.25, 0.3) is 0 Å². The lowest BCUT2D eigenvalue weighted by molar-refractivity contribution is -0.122. The molecule has 0 aliphatic carbocycles. The van der Waals surface area contributed by atoms with Gasteiger partial charge in [-0.25, -0.2) is 9.07 Å². The molecule has 0 saturated carbocycles. The number of aromatic nitrogens is 3. The number of halogens is 1. The van der Waals surface area contributed by atoms with Crippen molar-refractivity contribution in [1.29, 1.82) is 0 Å². The molecule has 0 atom stereocenters. The van der Waals surface area contributed by atoms with Gasteiger partial charge < -0.3 is 10.4 Å². The first-order valence-corrected chi connectivity index (χ1v) is 6.49. The van der Waals surface area contributed by atoms with Crippen LogP contribution in [0.4, 0.5) is 4.39 Å². The number of nitrogens with zero attached hydrogens (tertiary/aromatic N) is 3. The Kier molecular flexibility index (Phi) is 4.32. The first-order valence-electron chi connectivity index (χ1n) is 6.49. The number of hydrogen-bond donors (Lipinski definition) is 2. The third kappa shape index (κ3) is 4.35. The van der Waals surface area contributed by atoms with E-state index < -0.39 is 5.60 Å². The maximum Gasteiger partial charge on any atom is 0.242 e. The molecule has 1 heterocycles. The zero-order valence-corrected chi connectivity index (χ0v) is 11.9. The van der Waals surface area contributed by atoms with E-state index >= 15 is 0 Å². The molecule has 21 heavy (non-hydrogen) atoms. The molecule has 0 fully saturated rings. The van der Waals surface area contributed by atoms with Crippen LogP contribution >= 0.6 is 0 Å². The normalized spacial score (nSPS) is 11.4. The maximum absolute atomic E-state index is 12.7. The zero-order chi connectivity index (χ0) is 15.5. The molecule has 1 aromatic heterocycles. The second kappa shape index (κ2) is 6.01. The highest BCUT2D eigenvalue weighted by Crippen LogP contribution is 2.15. The van der Waals surface area contributed by atoms with Crippen molar-refractivity contribution < 1.29 is 14.3 Å². The quantitative estimate of drug-likeness (QED) is 0.860. The van der Waals surface area contributed by atoms with Crippen LogP contribution in [0.15, 0.2) is 30.5 Å². The summed E-state index contributed by atoms with van der Waals surface area (Å²) in [7, 11) is 0. The maximum atomic E-state index is 12.7. The molecule has 2 aromatic rings. The predicted molar refractivity (Wildman–Crippen MR) is 73.5 cm³/mol. The van der Waals surface area contributed by atoms with Gasteiger partial charge in [0.15, 0.2) is 0 Å². The number of carbonyl (C=O) groups is 1. The highest BCUT2D eigenvalue weighted by Gasteiger charge is 2.20. The van der Waals surface area contributed by atoms with Gasteiger partial charge in [-0.15, -0.1) is 5.10 Å². The minimum absolute atomic E-state index is 0.00424. The molecule has 1 aromatic carbocycles. The molecule has 7 heteroatoms. The molecule has 2 N–H and O–H groups in total. The Hall–Kier alpha value is -2.28. The Morgan fingerprint density at radius 3 is 2.62 bits per heavy atom. The number of amides is 1. The van der Waals surface area contributed by atoms with Gasteiger partial charge in [-0.05, 0) is 31.5 Å². The molecule has 0 radical (unpaired) electrons. The average molecular weight is 292 g/mol. The summed E-state index contributed by atoms with van der Waals surface area (Å²) in [6.45, 7) is 3.50. The summed E-state index contributed by atoms with van der Waals surface area (Å²) in [6, 6.07) is 5.90. The van der Waals surface area contributed by atoms with Crippen LogP contribution in [-0.2, 0) is 23.5 Å². The Labute approximate surface area is 121 Å². The van der Waals surface area contributed by atoms with Gasteiger partial charge in [-0.2, -0.15) is 0 Å². The summed E-state index contributed by atoms with van der Waals surface area (Å²) in [5.74, 6) is -0.557. The van der Waals surface area contributed by atoms with Crippen molar-refractivity contribution in [3.05, 3.63) is 47.5 Å². The number of rotatable bonds is 5. The summed E-state index contributed by atoms with van der Waals surface area (Å²) < 4.78 is 14.1. The third-order valence-electron chi connectivity index (χ3n) is 2.87. The largest absolute Gasteiger partial charge is 0.384 e. The fourth-order valence-corrected chi connectivity index (χ4v) is 1.66. The van der Waals surface area contributed by atoms with E-state index in [0.717, 1.165) is 5.56 Å². The molecular formula is C14H17FN4O2. The smallest absolute Gasteiger partial charge is 0.242 e. The van der Waals surface area contributed by atoms with Crippen molar-refractivity contribution >= 4 is 5.91 Å². The van der Waals surface area contributed by atoms with E-state index in [0.29, 0.717) is 12.2 Å². The highest BCUT2D eigenvalue weighted by molar-refractivity contribution is 5.75. The monoisotopic (exact) mass is 292 g/mol. The van der Waals surface area contributed by atoms with Crippen molar-refractivity contribution in [2.45, 2.75) is 32.5 Å². The SMILES string of the molecule is CC(C)(O)c1cn(CC(=O)NCc2ccc(F)cc2)nn1. The van der Waals surface area contributed by atoms with Gasteiger partial charge >= 0.3 is 0 Å². The lowest BCUT2D eigenvalue weighted by atomic mass is 10.1. The zero-order valence-electron chi connectivity index (χ0n) is 11.9. The molecule has 0 aliphatic heterocycles. The molecule has 0 unspecified atom stereocenters. The Bertz CT molecular complexity index is 617. The fourth-order valence-electron chi connectivity index (χ4n) is 1.66. The van der Waals surface area contributed by atoms with E-state index in [1.807, 2.05) is 0 Å². The van der Waals surface area contributed by atoms with Crippen LogP contribution in [0.5, 0.6) is 0 Å². The number of aliphatic hydroxyl groups is 1. The Morgan fingerprint density at radius 1 is 1.38 bits per heavy atom. The van der Waals surface area contributed by atoms with E-state index in [2.05, 4.69) is 15.6 Å². The van der Waals surface area contributed by atoms with Gasteiger partial charge in [0.05, 0.1) is 6.20 Å². The van der Waals surface area contributed by atoms with Crippen LogP contribution in [-0.4, -0.2) is 26.0 Å². The standard InChI is InChI=1S/C14H17FN4O2/c1-14(2,21)12-8-19(18-17-12)9-13(20)16-7-10-3-5-11(15)6-4-10/h3-6,8,21H,7,9H2,1-2H3,(H,16,20). The van der Waals surface area contributed by atoms with Crippen LogP contribution in [0, 0.1) is 5.82 Å². The summed E-state index contributed by atoms with van der Waals surface area (Å²) in [5, 5.41) is 20.1. The van der Waals surface area contributed by atoms with E-state index in [1.54, 1.807) is 26.0 Å². The third-order valence-corrected chi connectivity index (χ3v) is 2.87. The lowest BCUT2D eigenvalue weighted by Gasteiger charge is -2.11. The molecule has 0 saturated heterocycles. The van der Waals surface area contributed by atoms with Crippen molar-refractivity contribution in [3.63, 3.8) is 0 Å². The first-order chi connectivity index (χ1) is 9.84. The summed E-state index contributed by atoms with van der Waals surface area (Å²) in [6.07, 6.45) is 1.53. The molecule has 0 aliphatic rings. The highest BCUT2D eigenvalue weighted by atomic mass is 19.1. The minimum atomic E-state index is -1.09. The Morgan fingerprint density at radius 2 is 2.05 bits per heavy atom. The number of carbonyl (C=O) groups excluding carboxylic acids is 1. The average Bonchev–Trinajstić information content (AvgIpc) is 2.86. The molecule has 0 bridgehead atoms. The first kappa shape index (κ1) is 15.1. The molecule has 6 nitrogen and oxygen atoms in total. The van der Waals surface area contributed by atoms with Gasteiger partial charge in [-0.1, -0.05) is 17.3 Å². The number of benzene rings is 1. The Balaban J connectivity index is 1.87. The summed E-state index contributed by atoms with van der Waals surface area (Å²) in [4.78, 5) is 11.8. The molecule has 1 amide bonds. The summed E-state index contributed by atoms with van der Waals surface area (Å²) >= 11 is 0. The topological polar surface area (TPSA) is 80.0 Å². The molecular weight excluding hydrogens is 275 g/mol. The van der Waals surface area contributed by atoms with E-state index in [-0.39, 0.29) is 18.3 Å². The van der Waals surface area contributed by atoms with Crippen LogP contribution in [0.3, 0.4) is 0 Å². The number of hydrogen-bond acceptors (Lipinski definition) is 4. The van der Waals surface area contributed by atoms with Crippen molar-refractivity contribution in [2.75, 3.05) is 0 Å². The predicted octanol–water partition coefficient (Wildman–Crippen LogP) is 0.961. The van der Waals surface area contributed by atoms with Gasteiger partial charge in [0.1, 0.15) is 23.7 Å². The fraction of sp³-hybridized carbons (Fsp3) is 0.357. The lowest BCUT2D eigenvalue weighted by Crippen LogP contribution is -2.27. The van der Waals surface area contributed by atoms with Crippen LogP contribution in [0.2, 0.25) is 0 Å². The van der Waals surface area contributed by atoms with Gasteiger partial charge in [0, 0.05) is 6.54 Å². The van der Waals surface area contributed by atoms with Crippen molar-refractivity contribution in [2.24, 2.45) is 0 Å². The van der Waals surface area contributed by atoms with Gasteiger partial charge in [0.2, 0.25) is 5.91 Å². The van der Waals surface area contributed by atoms with Gasteiger partial charge in [-0.3, -0.25) is 4.79 Å². The second-order valence-corrected chi connectivity index (χ2v) is 5.26. The van der Waals surface area contributed by atoms with E-state index in [9.17, 15) is 14.3 Å².